The fourth-order valence-corrected chi connectivity index (χ4v) is 2.66. The normalized spacial score (nSPS) is 10.3. The smallest absolute Gasteiger partial charge is 0.251 e. The number of carbonyl (C=O) groups excluding carboxylic acids is 1. The Morgan fingerprint density at radius 2 is 1.95 bits per heavy atom. The average molecular weight is 320 g/mol. The van der Waals surface area contributed by atoms with Crippen LogP contribution in [0.1, 0.15) is 16.1 Å². The van der Waals surface area contributed by atoms with Crippen LogP contribution in [0, 0.1) is 6.92 Å². The molecule has 0 saturated heterocycles. The number of ketones is 1. The number of aromatic nitrogens is 2. The maximum Gasteiger partial charge on any atom is 0.251 e. The lowest BCUT2D eigenvalue weighted by molar-refractivity contribution is 0.102. The van der Waals surface area contributed by atoms with E-state index in [1.807, 2.05) is 0 Å². The highest BCUT2D eigenvalue weighted by Gasteiger charge is 2.12. The van der Waals surface area contributed by atoms with Crippen molar-refractivity contribution >= 4 is 17.5 Å². The van der Waals surface area contributed by atoms with E-state index < -0.39 is 0 Å². The van der Waals surface area contributed by atoms with Gasteiger partial charge in [0.05, 0.1) is 20.0 Å². The third kappa shape index (κ3) is 3.88. The highest BCUT2D eigenvalue weighted by Crippen LogP contribution is 2.28. The van der Waals surface area contributed by atoms with Crippen molar-refractivity contribution < 1.29 is 14.3 Å². The van der Waals surface area contributed by atoms with Crippen molar-refractivity contribution in [1.29, 1.82) is 0 Å². The monoisotopic (exact) mass is 320 g/mol. The molecule has 0 amide bonds. The van der Waals surface area contributed by atoms with E-state index in [-0.39, 0.29) is 17.1 Å². The predicted octanol–water partition coefficient (Wildman–Crippen LogP) is 2.07. The molecule has 6 nitrogen and oxygen atoms in total. The van der Waals surface area contributed by atoms with Gasteiger partial charge in [0.25, 0.3) is 5.56 Å². The van der Waals surface area contributed by atoms with Crippen molar-refractivity contribution in [2.75, 3.05) is 20.0 Å². The molecule has 22 heavy (non-hydrogen) atoms. The summed E-state index contributed by atoms with van der Waals surface area (Å²) in [7, 11) is 3.05. The number of nitrogens with zero attached hydrogens (tertiary/aromatic N) is 1. The van der Waals surface area contributed by atoms with Crippen molar-refractivity contribution in [3.05, 3.63) is 45.9 Å². The predicted molar refractivity (Wildman–Crippen MR) is 84.2 cm³/mol. The molecule has 2 aromatic rings. The molecule has 0 aliphatic rings. The van der Waals surface area contributed by atoms with Crippen LogP contribution in [0.4, 0.5) is 0 Å². The van der Waals surface area contributed by atoms with Gasteiger partial charge in [0.15, 0.2) is 22.4 Å². The van der Waals surface area contributed by atoms with Crippen LogP contribution in [0.5, 0.6) is 11.5 Å². The van der Waals surface area contributed by atoms with Crippen LogP contribution >= 0.6 is 11.8 Å². The molecule has 1 heterocycles. The van der Waals surface area contributed by atoms with Crippen LogP contribution in [-0.4, -0.2) is 35.7 Å². The van der Waals surface area contributed by atoms with Crippen LogP contribution in [0.15, 0.2) is 34.2 Å². The molecular weight excluding hydrogens is 304 g/mol. The van der Waals surface area contributed by atoms with Crippen molar-refractivity contribution in [3.63, 3.8) is 0 Å². The molecule has 1 aromatic heterocycles. The number of carbonyl (C=O) groups is 1. The van der Waals surface area contributed by atoms with E-state index in [4.69, 9.17) is 9.47 Å². The largest absolute Gasteiger partial charge is 0.493 e. The highest BCUT2D eigenvalue weighted by atomic mass is 32.2. The van der Waals surface area contributed by atoms with Crippen molar-refractivity contribution in [1.82, 2.24) is 9.97 Å². The molecule has 0 unspecified atom stereocenters. The second kappa shape index (κ2) is 7.13. The summed E-state index contributed by atoms with van der Waals surface area (Å²) < 4.78 is 10.3. The first-order valence-electron chi connectivity index (χ1n) is 6.49. The molecule has 0 aliphatic heterocycles. The molecule has 0 fully saturated rings. The van der Waals surface area contributed by atoms with Gasteiger partial charge in [-0.2, -0.15) is 0 Å². The van der Waals surface area contributed by atoms with Gasteiger partial charge >= 0.3 is 0 Å². The molecule has 0 aliphatic carbocycles. The molecule has 0 radical (unpaired) electrons. The Bertz CT molecular complexity index is 743. The molecule has 1 N–H and O–H groups in total. The summed E-state index contributed by atoms with van der Waals surface area (Å²) in [6.07, 6.45) is 0. The van der Waals surface area contributed by atoms with Gasteiger partial charge in [0, 0.05) is 17.3 Å². The maximum absolute atomic E-state index is 12.2. The number of hydrogen-bond donors (Lipinski definition) is 1. The number of ether oxygens (including phenoxy) is 2. The topological polar surface area (TPSA) is 81.3 Å². The van der Waals surface area contributed by atoms with Crippen molar-refractivity contribution in [2.24, 2.45) is 0 Å². The first-order valence-corrected chi connectivity index (χ1v) is 7.48. The Morgan fingerprint density at radius 1 is 1.23 bits per heavy atom. The molecule has 116 valence electrons. The summed E-state index contributed by atoms with van der Waals surface area (Å²) in [5.41, 5.74) is 0.901. The summed E-state index contributed by atoms with van der Waals surface area (Å²) >= 11 is 1.19. The summed E-state index contributed by atoms with van der Waals surface area (Å²) in [5.74, 6) is 1.15. The SMILES string of the molecule is COc1ccc(C(=O)CSc2nc(C)cc(=O)[nH]2)cc1OC. The maximum atomic E-state index is 12.2. The number of hydrogen-bond acceptors (Lipinski definition) is 6. The summed E-state index contributed by atoms with van der Waals surface area (Å²) in [6, 6.07) is 6.40. The second-order valence-electron chi connectivity index (χ2n) is 4.47. The van der Waals surface area contributed by atoms with Gasteiger partial charge in [-0.3, -0.25) is 9.59 Å². The van der Waals surface area contributed by atoms with Gasteiger partial charge in [0.2, 0.25) is 0 Å². The molecular formula is C15H16N2O4S. The lowest BCUT2D eigenvalue weighted by atomic mass is 10.1. The standard InChI is InChI=1S/C15H16N2O4S/c1-9-6-14(19)17-15(16-9)22-8-11(18)10-4-5-12(20-2)13(7-10)21-3/h4-7H,8H2,1-3H3,(H,16,17,19). The van der Waals surface area contributed by atoms with Crippen LogP contribution in [0.3, 0.4) is 0 Å². The van der Waals surface area contributed by atoms with Crippen LogP contribution in [-0.2, 0) is 0 Å². The minimum Gasteiger partial charge on any atom is -0.493 e. The second-order valence-corrected chi connectivity index (χ2v) is 5.44. The summed E-state index contributed by atoms with van der Waals surface area (Å²) in [5, 5.41) is 0.429. The van der Waals surface area contributed by atoms with E-state index >= 15 is 0 Å². The van der Waals surface area contributed by atoms with Crippen LogP contribution in [0.25, 0.3) is 0 Å². The van der Waals surface area contributed by atoms with Gasteiger partial charge in [0.1, 0.15) is 0 Å². The third-order valence-corrected chi connectivity index (χ3v) is 3.77. The number of aromatic amines is 1. The molecule has 0 saturated carbocycles. The zero-order valence-electron chi connectivity index (χ0n) is 12.5. The minimum atomic E-state index is -0.228. The minimum absolute atomic E-state index is 0.0879. The number of nitrogens with one attached hydrogen (secondary N) is 1. The van der Waals surface area contributed by atoms with Crippen LogP contribution in [0.2, 0.25) is 0 Å². The molecule has 0 bridgehead atoms. The highest BCUT2D eigenvalue weighted by molar-refractivity contribution is 7.99. The van der Waals surface area contributed by atoms with Gasteiger partial charge in [-0.25, -0.2) is 4.98 Å². The quantitative estimate of drug-likeness (QED) is 0.498. The average Bonchev–Trinajstić information content (AvgIpc) is 2.51. The van der Waals surface area contributed by atoms with E-state index in [1.54, 1.807) is 25.1 Å². The Kier molecular flexibility index (Phi) is 5.21. The first-order chi connectivity index (χ1) is 10.5. The number of aryl methyl sites for hydroxylation is 1. The number of methoxy groups -OCH3 is 2. The number of thioether (sulfide) groups is 1. The van der Waals surface area contributed by atoms with Crippen LogP contribution < -0.4 is 15.0 Å². The van der Waals surface area contributed by atoms with Gasteiger partial charge in [-0.1, -0.05) is 11.8 Å². The van der Waals surface area contributed by atoms with Gasteiger partial charge in [-0.05, 0) is 25.1 Å². The molecule has 0 spiro atoms. The van der Waals surface area contributed by atoms with Gasteiger partial charge in [-0.15, -0.1) is 0 Å². The Balaban J connectivity index is 2.10. The number of Topliss-reactive ketones (excluding diaryl/α,β-unsaturated/α-hetero) is 1. The van der Waals surface area contributed by atoms with Crippen molar-refractivity contribution in [2.45, 2.75) is 12.1 Å². The Labute approximate surface area is 131 Å². The number of benzene rings is 1. The molecule has 1 aromatic carbocycles. The molecule has 0 atom stereocenters. The Hall–Kier alpha value is -2.28. The van der Waals surface area contributed by atoms with E-state index in [9.17, 15) is 9.59 Å². The van der Waals surface area contributed by atoms with E-state index in [2.05, 4.69) is 9.97 Å². The fraction of sp³-hybridized carbons (Fsp3) is 0.267. The fourth-order valence-electron chi connectivity index (χ4n) is 1.85. The molecule has 7 heteroatoms. The van der Waals surface area contributed by atoms with E-state index in [0.717, 1.165) is 0 Å². The van der Waals surface area contributed by atoms with E-state index in [0.29, 0.717) is 27.9 Å². The Morgan fingerprint density at radius 3 is 2.59 bits per heavy atom. The number of rotatable bonds is 6. The lowest BCUT2D eigenvalue weighted by Crippen LogP contribution is -2.10. The third-order valence-electron chi connectivity index (χ3n) is 2.89. The lowest BCUT2D eigenvalue weighted by Gasteiger charge is -2.09. The van der Waals surface area contributed by atoms with Gasteiger partial charge < -0.3 is 14.5 Å². The number of H-pyrrole nitrogens is 1. The molecule has 2 rings (SSSR count). The summed E-state index contributed by atoms with van der Waals surface area (Å²) in [4.78, 5) is 30.3. The van der Waals surface area contributed by atoms with Crippen molar-refractivity contribution in [3.8, 4) is 11.5 Å². The zero-order chi connectivity index (χ0) is 16.1. The summed E-state index contributed by atoms with van der Waals surface area (Å²) in [6.45, 7) is 1.73. The zero-order valence-corrected chi connectivity index (χ0v) is 13.3. The van der Waals surface area contributed by atoms with E-state index in [1.165, 1.54) is 32.0 Å². The first kappa shape index (κ1) is 16.1.